The summed E-state index contributed by atoms with van der Waals surface area (Å²) in [6, 6.07) is 15.5. The minimum absolute atomic E-state index is 0.0929. The lowest BCUT2D eigenvalue weighted by molar-refractivity contribution is -0.121. The first kappa shape index (κ1) is 20.8. The number of carbonyl (C=O) groups excluding carboxylic acids is 1. The molecule has 1 aromatic heterocycles. The zero-order chi connectivity index (χ0) is 21.6. The Labute approximate surface area is 181 Å². The van der Waals surface area contributed by atoms with Crippen LogP contribution in [0.25, 0.3) is 11.3 Å². The molecule has 1 N–H and O–H groups in total. The van der Waals surface area contributed by atoms with Crippen molar-refractivity contribution < 1.29 is 13.9 Å². The van der Waals surface area contributed by atoms with E-state index in [4.69, 9.17) is 9.15 Å². The number of anilines is 1. The van der Waals surface area contributed by atoms with Crippen LogP contribution >= 0.6 is 0 Å². The minimum Gasteiger partial charge on any atom is -0.497 e. The molecule has 4 rings (SSSR count). The summed E-state index contributed by atoms with van der Waals surface area (Å²) in [7, 11) is 1.59. The van der Waals surface area contributed by atoms with Crippen molar-refractivity contribution >= 4 is 11.6 Å². The number of oxazole rings is 1. The fourth-order valence-electron chi connectivity index (χ4n) is 3.76. The molecule has 1 aliphatic rings. The summed E-state index contributed by atoms with van der Waals surface area (Å²) in [4.78, 5) is 26.9. The van der Waals surface area contributed by atoms with Gasteiger partial charge in [0, 0.05) is 30.9 Å². The average molecular weight is 421 g/mol. The molecule has 2 aromatic carbocycles. The number of benzene rings is 2. The predicted octanol–water partition coefficient (Wildman–Crippen LogP) is 3.42. The van der Waals surface area contributed by atoms with Crippen molar-refractivity contribution in [2.24, 2.45) is 0 Å². The van der Waals surface area contributed by atoms with Gasteiger partial charge in [0.2, 0.25) is 5.91 Å². The van der Waals surface area contributed by atoms with E-state index in [1.165, 1.54) is 29.5 Å². The van der Waals surface area contributed by atoms with Crippen molar-refractivity contribution in [2.45, 2.75) is 32.4 Å². The molecule has 1 saturated heterocycles. The SMILES string of the molecule is COc1ccc(-c2cn(CC(=O)NCc3ccc(N4CCCCC4)cc3)c(=O)o2)cc1. The first-order valence-electron chi connectivity index (χ1n) is 10.6. The normalized spacial score (nSPS) is 13.8. The summed E-state index contributed by atoms with van der Waals surface area (Å²) in [5.41, 5.74) is 2.99. The molecule has 0 atom stereocenters. The van der Waals surface area contributed by atoms with E-state index in [2.05, 4.69) is 22.3 Å². The first-order chi connectivity index (χ1) is 15.1. The first-order valence-corrected chi connectivity index (χ1v) is 10.6. The molecule has 0 bridgehead atoms. The molecule has 2 heterocycles. The number of piperidine rings is 1. The number of nitrogens with zero attached hydrogens (tertiary/aromatic N) is 2. The van der Waals surface area contributed by atoms with Crippen LogP contribution in [0.1, 0.15) is 24.8 Å². The standard InChI is InChI=1S/C24H27N3O4/c1-30-21-11-7-19(8-12-21)22-16-27(24(29)31-22)17-23(28)25-15-18-5-9-20(10-6-18)26-13-3-2-4-14-26/h5-12,16H,2-4,13-15,17H2,1H3,(H,25,28). The highest BCUT2D eigenvalue weighted by Gasteiger charge is 2.13. The molecule has 1 aliphatic heterocycles. The van der Waals surface area contributed by atoms with Crippen LogP contribution in [0.3, 0.4) is 0 Å². The Hall–Kier alpha value is -3.48. The van der Waals surface area contributed by atoms with E-state index >= 15 is 0 Å². The van der Waals surface area contributed by atoms with Crippen LogP contribution in [0.2, 0.25) is 0 Å². The van der Waals surface area contributed by atoms with Gasteiger partial charge in [-0.05, 0) is 61.2 Å². The Kier molecular flexibility index (Phi) is 6.40. The van der Waals surface area contributed by atoms with Gasteiger partial charge >= 0.3 is 5.76 Å². The number of amides is 1. The lowest BCUT2D eigenvalue weighted by atomic mass is 10.1. The Morgan fingerprint density at radius 1 is 1.03 bits per heavy atom. The van der Waals surface area contributed by atoms with Gasteiger partial charge in [-0.15, -0.1) is 0 Å². The molecule has 1 amide bonds. The largest absolute Gasteiger partial charge is 0.497 e. The maximum absolute atomic E-state index is 12.3. The van der Waals surface area contributed by atoms with Crippen LogP contribution in [0.5, 0.6) is 5.75 Å². The molecule has 3 aromatic rings. The van der Waals surface area contributed by atoms with Crippen molar-refractivity contribution in [3.05, 3.63) is 70.8 Å². The maximum Gasteiger partial charge on any atom is 0.419 e. The molecular formula is C24H27N3O4. The number of nitrogens with one attached hydrogen (secondary N) is 1. The van der Waals surface area contributed by atoms with Gasteiger partial charge in [-0.2, -0.15) is 0 Å². The van der Waals surface area contributed by atoms with E-state index in [9.17, 15) is 9.59 Å². The molecule has 0 aliphatic carbocycles. The quantitative estimate of drug-likeness (QED) is 0.633. The minimum atomic E-state index is -0.563. The Morgan fingerprint density at radius 2 is 1.74 bits per heavy atom. The van der Waals surface area contributed by atoms with Crippen molar-refractivity contribution in [1.82, 2.24) is 9.88 Å². The van der Waals surface area contributed by atoms with Gasteiger partial charge in [-0.25, -0.2) is 4.79 Å². The highest BCUT2D eigenvalue weighted by atomic mass is 16.5. The summed E-state index contributed by atoms with van der Waals surface area (Å²) >= 11 is 0. The second kappa shape index (κ2) is 9.55. The van der Waals surface area contributed by atoms with Crippen molar-refractivity contribution in [1.29, 1.82) is 0 Å². The summed E-state index contributed by atoms with van der Waals surface area (Å²) in [5.74, 6) is 0.318. The number of rotatable bonds is 7. The van der Waals surface area contributed by atoms with Crippen molar-refractivity contribution in [3.8, 4) is 17.1 Å². The van der Waals surface area contributed by atoms with Crippen LogP contribution in [-0.4, -0.2) is 30.7 Å². The second-order valence-corrected chi connectivity index (χ2v) is 7.71. The summed E-state index contributed by atoms with van der Waals surface area (Å²) in [5, 5.41) is 2.87. The van der Waals surface area contributed by atoms with Crippen LogP contribution in [-0.2, 0) is 17.9 Å². The van der Waals surface area contributed by atoms with Gasteiger partial charge in [0.15, 0.2) is 5.76 Å². The molecule has 0 saturated carbocycles. The monoisotopic (exact) mass is 421 g/mol. The van der Waals surface area contributed by atoms with Crippen molar-refractivity contribution in [3.63, 3.8) is 0 Å². The number of ether oxygens (including phenoxy) is 1. The van der Waals surface area contributed by atoms with E-state index in [-0.39, 0.29) is 12.5 Å². The summed E-state index contributed by atoms with van der Waals surface area (Å²) < 4.78 is 11.7. The van der Waals surface area contributed by atoms with Gasteiger partial charge in [0.25, 0.3) is 0 Å². The highest BCUT2D eigenvalue weighted by molar-refractivity contribution is 5.75. The summed E-state index contributed by atoms with van der Waals surface area (Å²) in [6.45, 7) is 2.53. The molecular weight excluding hydrogens is 394 g/mol. The van der Waals surface area contributed by atoms with Crippen molar-refractivity contribution in [2.75, 3.05) is 25.1 Å². The highest BCUT2D eigenvalue weighted by Crippen LogP contribution is 2.22. The van der Waals surface area contributed by atoms with E-state index in [0.29, 0.717) is 18.1 Å². The number of hydrogen-bond donors (Lipinski definition) is 1. The third-order valence-corrected chi connectivity index (χ3v) is 5.54. The van der Waals surface area contributed by atoms with Crippen LogP contribution in [0, 0.1) is 0 Å². The third-order valence-electron chi connectivity index (χ3n) is 5.54. The Bertz CT molecular complexity index is 1060. The van der Waals surface area contributed by atoms with Crippen LogP contribution in [0.4, 0.5) is 5.69 Å². The molecule has 0 unspecified atom stereocenters. The maximum atomic E-state index is 12.3. The van der Waals surface area contributed by atoms with Gasteiger partial charge in [-0.1, -0.05) is 12.1 Å². The number of carbonyl (C=O) groups is 1. The van der Waals surface area contributed by atoms with Crippen LogP contribution in [0.15, 0.2) is 63.9 Å². The van der Waals surface area contributed by atoms with E-state index < -0.39 is 5.76 Å². The molecule has 0 radical (unpaired) electrons. The summed E-state index contributed by atoms with van der Waals surface area (Å²) in [6.07, 6.45) is 5.34. The van der Waals surface area contributed by atoms with Crippen LogP contribution < -0.4 is 20.7 Å². The smallest absolute Gasteiger partial charge is 0.419 e. The van der Waals surface area contributed by atoms with E-state index in [0.717, 1.165) is 24.2 Å². The van der Waals surface area contributed by atoms with Gasteiger partial charge in [0.1, 0.15) is 12.3 Å². The van der Waals surface area contributed by atoms with Gasteiger partial charge in [-0.3, -0.25) is 9.36 Å². The lowest BCUT2D eigenvalue weighted by Gasteiger charge is -2.28. The topological polar surface area (TPSA) is 76.7 Å². The average Bonchev–Trinajstić information content (AvgIpc) is 3.18. The zero-order valence-corrected chi connectivity index (χ0v) is 17.7. The van der Waals surface area contributed by atoms with Gasteiger partial charge in [0.05, 0.1) is 13.3 Å². The molecule has 0 spiro atoms. The molecule has 31 heavy (non-hydrogen) atoms. The molecule has 1 fully saturated rings. The number of aromatic nitrogens is 1. The molecule has 7 heteroatoms. The van der Waals surface area contributed by atoms with E-state index in [1.807, 2.05) is 12.1 Å². The Morgan fingerprint density at radius 3 is 2.42 bits per heavy atom. The zero-order valence-electron chi connectivity index (χ0n) is 17.7. The lowest BCUT2D eigenvalue weighted by Crippen LogP contribution is -2.30. The fraction of sp³-hybridized carbons (Fsp3) is 0.333. The second-order valence-electron chi connectivity index (χ2n) is 7.71. The number of hydrogen-bond acceptors (Lipinski definition) is 5. The Balaban J connectivity index is 1.32. The molecule has 7 nitrogen and oxygen atoms in total. The predicted molar refractivity (Wildman–Crippen MR) is 119 cm³/mol. The molecule has 162 valence electrons. The van der Waals surface area contributed by atoms with Gasteiger partial charge < -0.3 is 19.4 Å². The number of methoxy groups -OCH3 is 1. The van der Waals surface area contributed by atoms with E-state index in [1.54, 1.807) is 37.6 Å². The fourth-order valence-corrected chi connectivity index (χ4v) is 3.76. The third kappa shape index (κ3) is 5.17.